The summed E-state index contributed by atoms with van der Waals surface area (Å²) in [5.41, 5.74) is -1.24. The highest BCUT2D eigenvalue weighted by molar-refractivity contribution is 5.83. The van der Waals surface area contributed by atoms with Gasteiger partial charge in [-0.2, -0.15) is 0 Å². The third-order valence-corrected chi connectivity index (χ3v) is 3.07. The van der Waals surface area contributed by atoms with Gasteiger partial charge in [-0.1, -0.05) is 6.07 Å². The summed E-state index contributed by atoms with van der Waals surface area (Å²) < 4.78 is 29.1. The minimum atomic E-state index is -1.36. The molecule has 0 bridgehead atoms. The van der Waals surface area contributed by atoms with Crippen LogP contribution in [0.2, 0.25) is 0 Å². The molecule has 1 aromatic rings. The van der Waals surface area contributed by atoms with Crippen LogP contribution in [0.25, 0.3) is 0 Å². The van der Waals surface area contributed by atoms with E-state index in [4.69, 9.17) is 14.2 Å². The van der Waals surface area contributed by atoms with Crippen LogP contribution >= 0.6 is 0 Å². The molecule has 0 aromatic heterocycles. The minimum Gasteiger partial charge on any atom is -0.496 e. The standard InChI is InChI=1S/C14H20FNO4/c1-14(13(17)20-4,16-8-9-18-2)12-10(15)6-5-7-11(12)19-3/h5-7,16H,8-9H2,1-4H3. The van der Waals surface area contributed by atoms with Crippen LogP contribution in [0.1, 0.15) is 12.5 Å². The summed E-state index contributed by atoms with van der Waals surface area (Å²) in [4.78, 5) is 12.1. The van der Waals surface area contributed by atoms with Crippen molar-refractivity contribution in [1.82, 2.24) is 5.32 Å². The van der Waals surface area contributed by atoms with Crippen molar-refractivity contribution in [2.45, 2.75) is 12.5 Å². The first-order valence-electron chi connectivity index (χ1n) is 6.16. The van der Waals surface area contributed by atoms with Crippen LogP contribution in [0, 0.1) is 5.82 Å². The van der Waals surface area contributed by atoms with Gasteiger partial charge in [0, 0.05) is 13.7 Å². The number of methoxy groups -OCH3 is 3. The van der Waals surface area contributed by atoms with Gasteiger partial charge in [0.15, 0.2) is 0 Å². The van der Waals surface area contributed by atoms with Crippen molar-refractivity contribution in [3.8, 4) is 5.75 Å². The number of halogens is 1. The third kappa shape index (κ3) is 3.26. The van der Waals surface area contributed by atoms with Gasteiger partial charge in [-0.15, -0.1) is 0 Å². The van der Waals surface area contributed by atoms with Gasteiger partial charge in [0.25, 0.3) is 0 Å². The Bertz CT molecular complexity index is 466. The van der Waals surface area contributed by atoms with E-state index in [0.29, 0.717) is 13.2 Å². The molecule has 0 saturated heterocycles. The second kappa shape index (κ2) is 7.21. The fraction of sp³-hybridized carbons (Fsp3) is 0.500. The van der Waals surface area contributed by atoms with Gasteiger partial charge in [-0.3, -0.25) is 5.32 Å². The predicted octanol–water partition coefficient (Wildman–Crippen LogP) is 1.46. The van der Waals surface area contributed by atoms with Gasteiger partial charge in [-0.05, 0) is 19.1 Å². The van der Waals surface area contributed by atoms with Crippen molar-refractivity contribution in [2.24, 2.45) is 0 Å². The lowest BCUT2D eigenvalue weighted by Crippen LogP contribution is -2.49. The van der Waals surface area contributed by atoms with E-state index >= 15 is 0 Å². The van der Waals surface area contributed by atoms with Crippen LogP contribution in [-0.2, 0) is 19.8 Å². The first-order chi connectivity index (χ1) is 9.51. The Morgan fingerprint density at radius 2 is 2.05 bits per heavy atom. The number of nitrogens with one attached hydrogen (secondary N) is 1. The number of benzene rings is 1. The van der Waals surface area contributed by atoms with Gasteiger partial charge < -0.3 is 14.2 Å². The van der Waals surface area contributed by atoms with Gasteiger partial charge in [-0.25, -0.2) is 9.18 Å². The lowest BCUT2D eigenvalue weighted by molar-refractivity contribution is -0.148. The van der Waals surface area contributed by atoms with Crippen molar-refractivity contribution in [3.05, 3.63) is 29.6 Å². The van der Waals surface area contributed by atoms with Crippen LogP contribution in [0.5, 0.6) is 5.75 Å². The Hall–Kier alpha value is -1.66. The summed E-state index contributed by atoms with van der Waals surface area (Å²) in [5.74, 6) is -0.859. The molecule has 1 rings (SSSR count). The molecule has 0 saturated carbocycles. The number of rotatable bonds is 7. The molecule has 1 atom stereocenters. The first kappa shape index (κ1) is 16.4. The van der Waals surface area contributed by atoms with E-state index in [9.17, 15) is 9.18 Å². The second-order valence-electron chi connectivity index (χ2n) is 4.35. The Kier molecular flexibility index (Phi) is 5.91. The lowest BCUT2D eigenvalue weighted by atomic mass is 9.90. The molecule has 1 N–H and O–H groups in total. The summed E-state index contributed by atoms with van der Waals surface area (Å²) in [6.45, 7) is 2.29. The molecule has 0 heterocycles. The van der Waals surface area contributed by atoms with Crippen molar-refractivity contribution < 1.29 is 23.4 Å². The Morgan fingerprint density at radius 3 is 2.60 bits per heavy atom. The normalized spacial score (nSPS) is 13.7. The van der Waals surface area contributed by atoms with Crippen molar-refractivity contribution in [2.75, 3.05) is 34.5 Å². The molecule has 5 nitrogen and oxygen atoms in total. The zero-order chi connectivity index (χ0) is 15.2. The zero-order valence-electron chi connectivity index (χ0n) is 12.2. The van der Waals surface area contributed by atoms with E-state index in [-0.39, 0.29) is 11.3 Å². The molecule has 1 aromatic carbocycles. The molecule has 6 heteroatoms. The van der Waals surface area contributed by atoms with Gasteiger partial charge in [0.1, 0.15) is 17.1 Å². The molecular formula is C14H20FNO4. The van der Waals surface area contributed by atoms with Crippen molar-refractivity contribution in [3.63, 3.8) is 0 Å². The lowest BCUT2D eigenvalue weighted by Gasteiger charge is -2.30. The number of ether oxygens (including phenoxy) is 3. The maximum Gasteiger partial charge on any atom is 0.330 e. The van der Waals surface area contributed by atoms with Crippen molar-refractivity contribution in [1.29, 1.82) is 0 Å². The highest BCUT2D eigenvalue weighted by atomic mass is 19.1. The number of esters is 1. The smallest absolute Gasteiger partial charge is 0.330 e. The zero-order valence-corrected chi connectivity index (χ0v) is 12.2. The van der Waals surface area contributed by atoms with E-state index in [2.05, 4.69) is 5.32 Å². The topological polar surface area (TPSA) is 56.8 Å². The quantitative estimate of drug-likeness (QED) is 0.607. The summed E-state index contributed by atoms with van der Waals surface area (Å²) in [6, 6.07) is 4.39. The molecule has 1 unspecified atom stereocenters. The van der Waals surface area contributed by atoms with E-state index in [1.54, 1.807) is 20.1 Å². The average Bonchev–Trinajstić information content (AvgIpc) is 2.45. The summed E-state index contributed by atoms with van der Waals surface area (Å²) in [6.07, 6.45) is 0. The average molecular weight is 285 g/mol. The van der Waals surface area contributed by atoms with Crippen LogP contribution in [0.3, 0.4) is 0 Å². The molecule has 0 aliphatic carbocycles. The molecule has 20 heavy (non-hydrogen) atoms. The summed E-state index contributed by atoms with van der Waals surface area (Å²) >= 11 is 0. The number of hydrogen-bond acceptors (Lipinski definition) is 5. The van der Waals surface area contributed by atoms with Crippen LogP contribution < -0.4 is 10.1 Å². The number of carbonyl (C=O) groups is 1. The van der Waals surface area contributed by atoms with Gasteiger partial charge in [0.2, 0.25) is 0 Å². The largest absolute Gasteiger partial charge is 0.496 e. The molecule has 0 aliphatic heterocycles. The monoisotopic (exact) mass is 285 g/mol. The third-order valence-electron chi connectivity index (χ3n) is 3.07. The van der Waals surface area contributed by atoms with Crippen LogP contribution in [0.15, 0.2) is 18.2 Å². The fourth-order valence-electron chi connectivity index (χ4n) is 2.03. The number of carbonyl (C=O) groups excluding carboxylic acids is 1. The second-order valence-corrected chi connectivity index (χ2v) is 4.35. The maximum atomic E-state index is 14.2. The first-order valence-corrected chi connectivity index (χ1v) is 6.16. The van der Waals surface area contributed by atoms with E-state index in [0.717, 1.165) is 0 Å². The van der Waals surface area contributed by atoms with Gasteiger partial charge in [0.05, 0.1) is 26.4 Å². The van der Waals surface area contributed by atoms with Crippen LogP contribution in [-0.4, -0.2) is 40.5 Å². The maximum absolute atomic E-state index is 14.2. The summed E-state index contributed by atoms with van der Waals surface area (Å²) in [7, 11) is 4.22. The molecule has 0 spiro atoms. The summed E-state index contributed by atoms with van der Waals surface area (Å²) in [5, 5.41) is 2.96. The van der Waals surface area contributed by atoms with Crippen molar-refractivity contribution >= 4 is 5.97 Å². The van der Waals surface area contributed by atoms with Gasteiger partial charge >= 0.3 is 5.97 Å². The van der Waals surface area contributed by atoms with E-state index < -0.39 is 17.3 Å². The molecule has 0 fully saturated rings. The Balaban J connectivity index is 3.26. The predicted molar refractivity (Wildman–Crippen MR) is 72.2 cm³/mol. The van der Waals surface area contributed by atoms with E-state index in [1.807, 2.05) is 0 Å². The highest BCUT2D eigenvalue weighted by Gasteiger charge is 2.40. The Morgan fingerprint density at radius 1 is 1.35 bits per heavy atom. The molecule has 0 amide bonds. The Labute approximate surface area is 118 Å². The molecule has 0 radical (unpaired) electrons. The van der Waals surface area contributed by atoms with E-state index in [1.165, 1.54) is 26.4 Å². The molecule has 0 aliphatic rings. The highest BCUT2D eigenvalue weighted by Crippen LogP contribution is 2.33. The minimum absolute atomic E-state index is 0.116. The van der Waals surface area contributed by atoms with Crippen LogP contribution in [0.4, 0.5) is 4.39 Å². The molecule has 112 valence electrons. The SMILES string of the molecule is COCCNC(C)(C(=O)OC)c1c(F)cccc1OC. The molecular weight excluding hydrogens is 265 g/mol. The number of hydrogen-bond donors (Lipinski definition) is 1. The fourth-order valence-corrected chi connectivity index (χ4v) is 2.03.